The van der Waals surface area contributed by atoms with E-state index >= 15 is 0 Å². The van der Waals surface area contributed by atoms with Crippen LogP contribution in [0.5, 0.6) is 0 Å². The minimum Gasteiger partial charge on any atom is -0.450 e. The molecule has 3 aliphatic heterocycles. The van der Waals surface area contributed by atoms with Gasteiger partial charge in [-0.15, -0.1) is 11.3 Å². The Morgan fingerprint density at radius 1 is 1.25 bits per heavy atom. The van der Waals surface area contributed by atoms with E-state index in [0.29, 0.717) is 31.5 Å². The molecule has 2 saturated heterocycles. The number of sulfonamides is 1. The molecule has 174 valence electrons. The minimum atomic E-state index is -3.60. The Morgan fingerprint density at radius 3 is 2.62 bits per heavy atom. The van der Waals surface area contributed by atoms with Crippen LogP contribution in [0.25, 0.3) is 0 Å². The fourth-order valence-corrected chi connectivity index (χ4v) is 7.19. The first-order chi connectivity index (χ1) is 15.2. The molecule has 2 amide bonds. The van der Waals surface area contributed by atoms with Gasteiger partial charge in [-0.1, -0.05) is 6.07 Å². The second-order valence-corrected chi connectivity index (χ2v) is 11.4. The van der Waals surface area contributed by atoms with Crippen molar-refractivity contribution in [2.45, 2.75) is 48.8 Å². The number of rotatable bonds is 7. The van der Waals surface area contributed by atoms with Gasteiger partial charge in [-0.05, 0) is 31.2 Å². The summed E-state index contributed by atoms with van der Waals surface area (Å²) in [6.45, 7) is 3.62. The summed E-state index contributed by atoms with van der Waals surface area (Å²) in [5.41, 5.74) is -0.530. The van der Waals surface area contributed by atoms with Crippen molar-refractivity contribution in [3.63, 3.8) is 0 Å². The largest absolute Gasteiger partial charge is 0.450 e. The molecule has 9 nitrogen and oxygen atoms in total. The average molecular weight is 482 g/mol. The van der Waals surface area contributed by atoms with E-state index in [1.165, 1.54) is 4.31 Å². The van der Waals surface area contributed by atoms with Crippen LogP contribution in [0.15, 0.2) is 32.9 Å². The first-order valence-electron chi connectivity index (χ1n) is 10.8. The molecular formula is C21H27N3O6S2. The maximum Gasteiger partial charge on any atom is 0.335 e. The minimum absolute atomic E-state index is 0.146. The van der Waals surface area contributed by atoms with Gasteiger partial charge >= 0.3 is 5.97 Å². The molecule has 1 N–H and O–H groups in total. The van der Waals surface area contributed by atoms with Crippen LogP contribution in [-0.4, -0.2) is 73.7 Å². The van der Waals surface area contributed by atoms with Crippen molar-refractivity contribution in [3.05, 3.63) is 28.7 Å². The Labute approximate surface area is 191 Å². The third-order valence-electron chi connectivity index (χ3n) is 6.33. The van der Waals surface area contributed by atoms with Crippen LogP contribution in [-0.2, 0) is 29.1 Å². The van der Waals surface area contributed by atoms with Gasteiger partial charge in [0.15, 0.2) is 0 Å². The summed E-state index contributed by atoms with van der Waals surface area (Å²) in [5.74, 6) is -0.754. The predicted molar refractivity (Wildman–Crippen MR) is 117 cm³/mol. The monoisotopic (exact) mass is 481 g/mol. The number of carbonyl (C=O) groups excluding carboxylic acids is 3. The molecule has 32 heavy (non-hydrogen) atoms. The Bertz CT molecular complexity index is 1040. The van der Waals surface area contributed by atoms with Gasteiger partial charge < -0.3 is 15.0 Å². The summed E-state index contributed by atoms with van der Waals surface area (Å²) in [4.78, 5) is 38.8. The van der Waals surface area contributed by atoms with Crippen LogP contribution in [0, 0.1) is 0 Å². The number of carbonyl (C=O) groups is 3. The zero-order chi connectivity index (χ0) is 22.9. The molecule has 0 unspecified atom stereocenters. The molecule has 1 aromatic rings. The molecule has 4 heterocycles. The Hall–Kier alpha value is -2.24. The number of nitrogens with one attached hydrogen (secondary N) is 1. The molecule has 0 aromatic carbocycles. The number of esters is 1. The molecule has 0 aliphatic carbocycles. The lowest BCUT2D eigenvalue weighted by atomic mass is 9.83. The highest BCUT2D eigenvalue weighted by Crippen LogP contribution is 2.42. The van der Waals surface area contributed by atoms with E-state index in [2.05, 4.69) is 5.32 Å². The topological polar surface area (TPSA) is 113 Å². The van der Waals surface area contributed by atoms with E-state index in [-0.39, 0.29) is 47.5 Å². The van der Waals surface area contributed by atoms with Gasteiger partial charge in [0.25, 0.3) is 15.9 Å². The molecule has 0 bridgehead atoms. The van der Waals surface area contributed by atoms with Gasteiger partial charge in [-0.3, -0.25) is 9.59 Å². The number of piperidine rings is 1. The number of amides is 2. The van der Waals surface area contributed by atoms with E-state index in [1.54, 1.807) is 29.3 Å². The maximum absolute atomic E-state index is 13.0. The molecule has 0 radical (unpaired) electrons. The van der Waals surface area contributed by atoms with Crippen LogP contribution in [0.3, 0.4) is 0 Å². The molecule has 3 aliphatic rings. The second kappa shape index (κ2) is 8.95. The van der Waals surface area contributed by atoms with Crippen molar-refractivity contribution in [3.8, 4) is 0 Å². The number of ether oxygens (including phenoxy) is 1. The lowest BCUT2D eigenvalue weighted by molar-refractivity contribution is -0.150. The lowest BCUT2D eigenvalue weighted by Gasteiger charge is -2.38. The SMILES string of the molecule is CC1=C(C(=O)NCCCN2CCCC2=O)C2(CCN(S(=O)(=O)c3cccs3)CC2)OC1=O. The maximum atomic E-state index is 13.0. The third-order valence-corrected chi connectivity index (χ3v) is 9.60. The third kappa shape index (κ3) is 4.20. The Morgan fingerprint density at radius 2 is 2.00 bits per heavy atom. The van der Waals surface area contributed by atoms with Crippen molar-refractivity contribution in [2.75, 3.05) is 32.7 Å². The molecule has 4 rings (SSSR count). The highest BCUT2D eigenvalue weighted by atomic mass is 32.2. The zero-order valence-corrected chi connectivity index (χ0v) is 19.6. The van der Waals surface area contributed by atoms with Crippen molar-refractivity contribution >= 4 is 39.1 Å². The summed E-state index contributed by atoms with van der Waals surface area (Å²) < 4.78 is 32.9. The van der Waals surface area contributed by atoms with Crippen LogP contribution < -0.4 is 5.32 Å². The van der Waals surface area contributed by atoms with Crippen LogP contribution in [0.1, 0.15) is 39.0 Å². The predicted octanol–water partition coefficient (Wildman–Crippen LogP) is 1.27. The first kappa shape index (κ1) is 22.9. The van der Waals surface area contributed by atoms with E-state index in [4.69, 9.17) is 4.74 Å². The van der Waals surface area contributed by atoms with Crippen LogP contribution in [0.4, 0.5) is 0 Å². The van der Waals surface area contributed by atoms with E-state index in [9.17, 15) is 22.8 Å². The molecule has 1 spiro atoms. The van der Waals surface area contributed by atoms with Crippen molar-refractivity contribution in [1.82, 2.24) is 14.5 Å². The summed E-state index contributed by atoms with van der Waals surface area (Å²) >= 11 is 1.16. The first-order valence-corrected chi connectivity index (χ1v) is 13.1. The molecule has 11 heteroatoms. The summed E-state index contributed by atoms with van der Waals surface area (Å²) in [7, 11) is -3.60. The van der Waals surface area contributed by atoms with Gasteiger partial charge in [0.05, 0.1) is 5.57 Å². The average Bonchev–Trinajstić information content (AvgIpc) is 3.48. The van der Waals surface area contributed by atoms with Crippen LogP contribution in [0.2, 0.25) is 0 Å². The zero-order valence-electron chi connectivity index (χ0n) is 18.0. The Kier molecular flexibility index (Phi) is 6.42. The molecule has 2 fully saturated rings. The normalized spacial score (nSPS) is 21.5. The number of thiophene rings is 1. The van der Waals surface area contributed by atoms with Gasteiger partial charge in [0.2, 0.25) is 5.91 Å². The van der Waals surface area contributed by atoms with E-state index < -0.39 is 21.6 Å². The van der Waals surface area contributed by atoms with Crippen molar-refractivity contribution < 1.29 is 27.5 Å². The quantitative estimate of drug-likeness (QED) is 0.464. The summed E-state index contributed by atoms with van der Waals surface area (Å²) in [6.07, 6.45) is 2.54. The van der Waals surface area contributed by atoms with Gasteiger partial charge in [0.1, 0.15) is 9.81 Å². The summed E-state index contributed by atoms with van der Waals surface area (Å²) in [5, 5.41) is 4.57. The number of likely N-dealkylation sites (tertiary alicyclic amines) is 1. The molecule has 0 saturated carbocycles. The lowest BCUT2D eigenvalue weighted by Crippen LogP contribution is -2.50. The van der Waals surface area contributed by atoms with Crippen molar-refractivity contribution in [1.29, 1.82) is 0 Å². The summed E-state index contributed by atoms with van der Waals surface area (Å²) in [6, 6.07) is 3.26. The van der Waals surface area contributed by atoms with E-state index in [0.717, 1.165) is 24.3 Å². The molecule has 0 atom stereocenters. The Balaban J connectivity index is 1.39. The van der Waals surface area contributed by atoms with Gasteiger partial charge in [0, 0.05) is 57.6 Å². The number of hydrogen-bond donors (Lipinski definition) is 1. The second-order valence-electron chi connectivity index (χ2n) is 8.31. The highest BCUT2D eigenvalue weighted by molar-refractivity contribution is 7.91. The van der Waals surface area contributed by atoms with Gasteiger partial charge in [-0.2, -0.15) is 4.31 Å². The van der Waals surface area contributed by atoms with Crippen molar-refractivity contribution in [2.24, 2.45) is 0 Å². The smallest absolute Gasteiger partial charge is 0.335 e. The fourth-order valence-electron chi connectivity index (χ4n) is 4.60. The van der Waals surface area contributed by atoms with E-state index in [1.807, 2.05) is 0 Å². The standard InChI is InChI=1S/C21H27N3O6S2/c1-15-18(19(26)22-9-4-11-23-10-2-5-16(23)25)21(30-20(15)27)7-12-24(13-8-21)32(28,29)17-6-3-14-31-17/h3,6,14H,2,4-5,7-13H2,1H3,(H,22,26). The fraction of sp³-hybridized carbons (Fsp3) is 0.571. The number of nitrogens with zero attached hydrogens (tertiary/aromatic N) is 2. The highest BCUT2D eigenvalue weighted by Gasteiger charge is 2.52. The van der Waals surface area contributed by atoms with Crippen LogP contribution >= 0.6 is 11.3 Å². The number of hydrogen-bond acceptors (Lipinski definition) is 7. The molecular weight excluding hydrogens is 454 g/mol. The molecule has 1 aromatic heterocycles. The van der Waals surface area contributed by atoms with Gasteiger partial charge in [-0.25, -0.2) is 13.2 Å².